The van der Waals surface area contributed by atoms with Gasteiger partial charge in [-0.25, -0.2) is 14.8 Å². The number of halogens is 1. The Labute approximate surface area is 171 Å². The summed E-state index contributed by atoms with van der Waals surface area (Å²) < 4.78 is 6.13. The van der Waals surface area contributed by atoms with Gasteiger partial charge in [-0.05, 0) is 49.3 Å². The monoisotopic (exact) mass is 441 g/mol. The Morgan fingerprint density at radius 3 is 2.68 bits per heavy atom. The molecule has 1 saturated heterocycles. The summed E-state index contributed by atoms with van der Waals surface area (Å²) in [7, 11) is 0. The molecule has 1 aliphatic rings. The Bertz CT molecular complexity index is 992. The van der Waals surface area contributed by atoms with Crippen LogP contribution in [0.4, 0.5) is 10.6 Å². The lowest BCUT2D eigenvalue weighted by molar-refractivity contribution is 0.174. The third-order valence-electron chi connectivity index (χ3n) is 4.81. The fourth-order valence-corrected chi connectivity index (χ4v) is 3.55. The van der Waals surface area contributed by atoms with Gasteiger partial charge in [0.15, 0.2) is 5.75 Å². The number of carbonyl (C=O) groups is 1. The molecule has 0 radical (unpaired) electrons. The highest BCUT2D eigenvalue weighted by molar-refractivity contribution is 9.10. The predicted molar refractivity (Wildman–Crippen MR) is 111 cm³/mol. The van der Waals surface area contributed by atoms with Crippen LogP contribution in [0.2, 0.25) is 0 Å². The lowest BCUT2D eigenvalue weighted by Crippen LogP contribution is -2.41. The van der Waals surface area contributed by atoms with Gasteiger partial charge >= 0.3 is 6.09 Å². The van der Waals surface area contributed by atoms with E-state index >= 15 is 0 Å². The molecule has 8 heteroatoms. The number of hydrogen-bond acceptors (Lipinski definition) is 6. The second-order valence-corrected chi connectivity index (χ2v) is 7.61. The molecule has 0 aliphatic carbocycles. The summed E-state index contributed by atoms with van der Waals surface area (Å²) in [6.07, 6.45) is 1.82. The SMILES string of the molecule is NC(=O)Oc1cccc2c(N[C@H](CN3CCC3)c3ccc(Br)cc3)ncnc12. The number of likely N-dealkylation sites (tertiary alicyclic amines) is 1. The molecule has 3 N–H and O–H groups in total. The molecule has 1 aliphatic heterocycles. The summed E-state index contributed by atoms with van der Waals surface area (Å²) in [5.41, 5.74) is 6.88. The number of nitrogens with zero attached hydrogens (tertiary/aromatic N) is 3. The van der Waals surface area contributed by atoms with Crippen molar-refractivity contribution in [2.24, 2.45) is 5.73 Å². The minimum absolute atomic E-state index is 0.0622. The summed E-state index contributed by atoms with van der Waals surface area (Å²) in [4.78, 5) is 22.3. The molecule has 2 aromatic carbocycles. The molecule has 2 heterocycles. The van der Waals surface area contributed by atoms with Crippen LogP contribution in [0.25, 0.3) is 10.9 Å². The molecule has 28 heavy (non-hydrogen) atoms. The highest BCUT2D eigenvalue weighted by atomic mass is 79.9. The summed E-state index contributed by atoms with van der Waals surface area (Å²) in [6, 6.07) is 13.7. The van der Waals surface area contributed by atoms with E-state index in [1.807, 2.05) is 18.2 Å². The van der Waals surface area contributed by atoms with Gasteiger partial charge in [0.05, 0.1) is 6.04 Å². The molecule has 0 spiro atoms. The van der Waals surface area contributed by atoms with Crippen LogP contribution in [0.3, 0.4) is 0 Å². The molecule has 7 nitrogen and oxygen atoms in total. The summed E-state index contributed by atoms with van der Waals surface area (Å²) in [5, 5.41) is 4.33. The second kappa shape index (κ2) is 8.12. The van der Waals surface area contributed by atoms with E-state index < -0.39 is 6.09 Å². The lowest BCUT2D eigenvalue weighted by Gasteiger charge is -2.34. The van der Waals surface area contributed by atoms with Gasteiger partial charge < -0.3 is 20.7 Å². The van der Waals surface area contributed by atoms with E-state index in [-0.39, 0.29) is 6.04 Å². The number of anilines is 1. The first kappa shape index (κ1) is 18.6. The zero-order valence-corrected chi connectivity index (χ0v) is 16.7. The zero-order valence-electron chi connectivity index (χ0n) is 15.1. The van der Waals surface area contributed by atoms with Crippen LogP contribution in [0.5, 0.6) is 5.75 Å². The number of primary amides is 1. The van der Waals surface area contributed by atoms with Crippen molar-refractivity contribution in [2.75, 3.05) is 25.0 Å². The standard InChI is InChI=1S/C20H20BrN5O2/c21-14-7-5-13(6-8-14)16(11-26-9-2-10-26)25-19-15-3-1-4-17(28-20(22)27)18(15)23-12-24-19/h1,3-8,12,16H,2,9-11H2,(H2,22,27)(H,23,24,25)/t16-/m1/s1. The highest BCUT2D eigenvalue weighted by Crippen LogP contribution is 2.30. The maximum Gasteiger partial charge on any atom is 0.410 e. The van der Waals surface area contributed by atoms with Gasteiger partial charge in [0, 0.05) is 16.4 Å². The van der Waals surface area contributed by atoms with Crippen molar-refractivity contribution in [1.82, 2.24) is 14.9 Å². The molecule has 4 rings (SSSR count). The Morgan fingerprint density at radius 1 is 1.21 bits per heavy atom. The van der Waals surface area contributed by atoms with Crippen LogP contribution in [0.1, 0.15) is 18.0 Å². The van der Waals surface area contributed by atoms with Crippen LogP contribution in [-0.4, -0.2) is 40.6 Å². The summed E-state index contributed by atoms with van der Waals surface area (Å²) in [6.45, 7) is 3.09. The van der Waals surface area contributed by atoms with Crippen molar-refractivity contribution in [1.29, 1.82) is 0 Å². The molecule has 3 aromatic rings. The topological polar surface area (TPSA) is 93.4 Å². The maximum atomic E-state index is 11.2. The third kappa shape index (κ3) is 4.07. The largest absolute Gasteiger partial charge is 0.410 e. The van der Waals surface area contributed by atoms with Crippen LogP contribution < -0.4 is 15.8 Å². The molecule has 1 fully saturated rings. The summed E-state index contributed by atoms with van der Waals surface area (Å²) >= 11 is 3.49. The number of carbonyl (C=O) groups excluding carboxylic acids is 1. The van der Waals surface area contributed by atoms with Gasteiger partial charge in [0.2, 0.25) is 0 Å². The third-order valence-corrected chi connectivity index (χ3v) is 5.34. The van der Waals surface area contributed by atoms with Crippen LogP contribution in [0.15, 0.2) is 53.3 Å². The highest BCUT2D eigenvalue weighted by Gasteiger charge is 2.22. The molecular weight excluding hydrogens is 422 g/mol. The van der Waals surface area contributed by atoms with Gasteiger partial charge in [-0.1, -0.05) is 34.1 Å². The molecule has 0 saturated carbocycles. The van der Waals surface area contributed by atoms with Crippen molar-refractivity contribution in [2.45, 2.75) is 12.5 Å². The van der Waals surface area contributed by atoms with Crippen LogP contribution in [-0.2, 0) is 0 Å². The number of aromatic nitrogens is 2. The molecule has 144 valence electrons. The van der Waals surface area contributed by atoms with E-state index in [4.69, 9.17) is 10.5 Å². The first-order valence-electron chi connectivity index (χ1n) is 9.05. The average Bonchev–Trinajstić information content (AvgIpc) is 2.64. The molecule has 0 unspecified atom stereocenters. The van der Waals surface area contributed by atoms with Gasteiger partial charge in [-0.2, -0.15) is 0 Å². The van der Waals surface area contributed by atoms with E-state index in [0.717, 1.165) is 29.5 Å². The number of hydrogen-bond donors (Lipinski definition) is 2. The predicted octanol–water partition coefficient (Wildman–Crippen LogP) is 3.71. The Morgan fingerprint density at radius 2 is 2.00 bits per heavy atom. The van der Waals surface area contributed by atoms with Crippen molar-refractivity contribution >= 4 is 38.7 Å². The first-order valence-corrected chi connectivity index (χ1v) is 9.85. The molecular formula is C20H20BrN5O2. The molecule has 0 bridgehead atoms. The number of nitrogens with two attached hydrogens (primary N) is 1. The number of rotatable bonds is 6. The van der Waals surface area contributed by atoms with Crippen LogP contribution >= 0.6 is 15.9 Å². The number of nitrogens with one attached hydrogen (secondary N) is 1. The Kier molecular flexibility index (Phi) is 5.40. The maximum absolute atomic E-state index is 11.2. The minimum atomic E-state index is -0.869. The fraction of sp³-hybridized carbons (Fsp3) is 0.250. The van der Waals surface area contributed by atoms with E-state index in [1.165, 1.54) is 18.3 Å². The van der Waals surface area contributed by atoms with E-state index in [0.29, 0.717) is 17.1 Å². The smallest absolute Gasteiger partial charge is 0.408 e. The first-order chi connectivity index (χ1) is 13.6. The van der Waals surface area contributed by atoms with Gasteiger partial charge in [0.25, 0.3) is 0 Å². The molecule has 1 aromatic heterocycles. The van der Waals surface area contributed by atoms with Gasteiger partial charge in [0.1, 0.15) is 17.7 Å². The number of para-hydroxylation sites is 1. The number of amides is 1. The van der Waals surface area contributed by atoms with E-state index in [1.54, 1.807) is 12.1 Å². The minimum Gasteiger partial charge on any atom is -0.408 e. The fourth-order valence-electron chi connectivity index (χ4n) is 3.28. The normalized spacial score (nSPS) is 15.0. The molecule has 1 amide bonds. The summed E-state index contributed by atoms with van der Waals surface area (Å²) in [5.74, 6) is 1.01. The van der Waals surface area contributed by atoms with Crippen molar-refractivity contribution in [3.05, 3.63) is 58.8 Å². The van der Waals surface area contributed by atoms with E-state index in [9.17, 15) is 4.79 Å². The second-order valence-electron chi connectivity index (χ2n) is 6.70. The van der Waals surface area contributed by atoms with Crippen molar-refractivity contribution < 1.29 is 9.53 Å². The van der Waals surface area contributed by atoms with Gasteiger partial charge in [-0.3, -0.25) is 0 Å². The number of ether oxygens (including phenoxy) is 1. The van der Waals surface area contributed by atoms with Gasteiger partial charge in [-0.15, -0.1) is 0 Å². The van der Waals surface area contributed by atoms with E-state index in [2.05, 4.69) is 48.2 Å². The Hall–Kier alpha value is -2.71. The molecule has 1 atom stereocenters. The number of benzene rings is 2. The Balaban J connectivity index is 1.68. The van der Waals surface area contributed by atoms with Crippen molar-refractivity contribution in [3.8, 4) is 5.75 Å². The lowest BCUT2D eigenvalue weighted by atomic mass is 10.0. The number of fused-ring (bicyclic) bond motifs is 1. The zero-order chi connectivity index (χ0) is 19.5. The quantitative estimate of drug-likeness (QED) is 0.605. The van der Waals surface area contributed by atoms with Crippen LogP contribution in [0, 0.1) is 0 Å². The average molecular weight is 442 g/mol. The van der Waals surface area contributed by atoms with Crippen molar-refractivity contribution in [3.63, 3.8) is 0 Å².